The van der Waals surface area contributed by atoms with Gasteiger partial charge in [-0.1, -0.05) is 45.2 Å². The van der Waals surface area contributed by atoms with Gasteiger partial charge in [-0.3, -0.25) is 9.59 Å². The molecule has 0 heterocycles. The molecule has 0 aliphatic carbocycles. The molecule has 0 spiro atoms. The summed E-state index contributed by atoms with van der Waals surface area (Å²) in [5.41, 5.74) is -0.0242. The van der Waals surface area contributed by atoms with E-state index in [1.165, 1.54) is 12.2 Å². The Bertz CT molecular complexity index is 425. The van der Waals surface area contributed by atoms with E-state index in [1.807, 2.05) is 13.8 Å². The van der Waals surface area contributed by atoms with Crippen LogP contribution in [0.4, 0.5) is 0 Å². The molecule has 0 saturated carbocycles. The van der Waals surface area contributed by atoms with Crippen LogP contribution >= 0.6 is 0 Å². The van der Waals surface area contributed by atoms with E-state index in [4.69, 9.17) is 5.11 Å². The van der Waals surface area contributed by atoms with E-state index in [0.717, 1.165) is 0 Å². The molecule has 3 N–H and O–H groups in total. The topological polar surface area (TPSA) is 78.4 Å². The maximum atomic E-state index is 11.9. The summed E-state index contributed by atoms with van der Waals surface area (Å²) in [7, 11) is 0. The zero-order chi connectivity index (χ0) is 16.5. The molecule has 21 heavy (non-hydrogen) atoms. The van der Waals surface area contributed by atoms with Crippen molar-refractivity contribution in [3.05, 3.63) is 37.0 Å². The molecule has 0 bridgehead atoms. The molecule has 118 valence electrons. The van der Waals surface area contributed by atoms with Crippen LogP contribution in [0.1, 0.15) is 27.2 Å². The first-order valence-electron chi connectivity index (χ1n) is 6.89. The summed E-state index contributed by atoms with van der Waals surface area (Å²) in [6, 6.07) is -0.216. The molecule has 0 unspecified atom stereocenters. The van der Waals surface area contributed by atoms with Crippen LogP contribution in [-0.4, -0.2) is 36.1 Å². The lowest BCUT2D eigenvalue weighted by atomic mass is 9.90. The first kappa shape index (κ1) is 19.1. The summed E-state index contributed by atoms with van der Waals surface area (Å²) in [6.45, 7) is 12.8. The summed E-state index contributed by atoms with van der Waals surface area (Å²) in [5.74, 6) is -0.414. The van der Waals surface area contributed by atoms with Gasteiger partial charge in [0.25, 0.3) is 5.91 Å². The van der Waals surface area contributed by atoms with Crippen molar-refractivity contribution in [2.24, 2.45) is 5.41 Å². The SMILES string of the molecule is C=C/C=C(\C=C)C(=O)N[C@@H](C)CNC(=O)CC(C)(C)CO. The van der Waals surface area contributed by atoms with Crippen molar-refractivity contribution in [3.8, 4) is 0 Å². The highest BCUT2D eigenvalue weighted by Gasteiger charge is 2.21. The minimum Gasteiger partial charge on any atom is -0.396 e. The van der Waals surface area contributed by atoms with E-state index < -0.39 is 5.41 Å². The van der Waals surface area contributed by atoms with E-state index in [1.54, 1.807) is 13.0 Å². The van der Waals surface area contributed by atoms with Crippen LogP contribution in [-0.2, 0) is 9.59 Å². The molecule has 0 saturated heterocycles. The Hall–Kier alpha value is -1.88. The second-order valence-corrected chi connectivity index (χ2v) is 5.74. The van der Waals surface area contributed by atoms with Gasteiger partial charge in [0.1, 0.15) is 0 Å². The summed E-state index contributed by atoms with van der Waals surface area (Å²) < 4.78 is 0. The second kappa shape index (κ2) is 9.13. The average molecular weight is 294 g/mol. The van der Waals surface area contributed by atoms with Gasteiger partial charge in [-0.25, -0.2) is 0 Å². The number of hydrogen-bond donors (Lipinski definition) is 3. The van der Waals surface area contributed by atoms with Gasteiger partial charge in [0.15, 0.2) is 0 Å². The van der Waals surface area contributed by atoms with Gasteiger partial charge in [0, 0.05) is 31.2 Å². The molecule has 5 heteroatoms. The molecule has 0 rings (SSSR count). The fourth-order valence-electron chi connectivity index (χ4n) is 1.54. The first-order valence-corrected chi connectivity index (χ1v) is 6.89. The zero-order valence-electron chi connectivity index (χ0n) is 13.1. The first-order chi connectivity index (χ1) is 9.75. The fraction of sp³-hybridized carbons (Fsp3) is 0.500. The van der Waals surface area contributed by atoms with E-state index in [9.17, 15) is 9.59 Å². The van der Waals surface area contributed by atoms with Crippen LogP contribution in [0, 0.1) is 5.41 Å². The molecular weight excluding hydrogens is 268 g/mol. The Morgan fingerprint density at radius 3 is 2.43 bits per heavy atom. The molecule has 2 amide bonds. The Labute approximate surface area is 126 Å². The maximum absolute atomic E-state index is 11.9. The number of allylic oxidation sites excluding steroid dienone is 2. The van der Waals surface area contributed by atoms with Crippen molar-refractivity contribution in [1.82, 2.24) is 10.6 Å². The minimum absolute atomic E-state index is 0.0538. The molecule has 5 nitrogen and oxygen atoms in total. The Morgan fingerprint density at radius 1 is 1.33 bits per heavy atom. The molecule has 0 aliphatic heterocycles. The highest BCUT2D eigenvalue weighted by Crippen LogP contribution is 2.18. The van der Waals surface area contributed by atoms with Gasteiger partial charge in [-0.15, -0.1) is 0 Å². The predicted octanol–water partition coefficient (Wildman–Crippen LogP) is 1.31. The van der Waals surface area contributed by atoms with Gasteiger partial charge in [0.2, 0.25) is 5.91 Å². The number of aliphatic hydroxyl groups is 1. The number of amides is 2. The maximum Gasteiger partial charge on any atom is 0.251 e. The Morgan fingerprint density at radius 2 is 1.95 bits per heavy atom. The van der Waals surface area contributed by atoms with Crippen LogP contribution in [0.5, 0.6) is 0 Å². The molecule has 0 radical (unpaired) electrons. The average Bonchev–Trinajstić information content (AvgIpc) is 2.42. The third-order valence-corrected chi connectivity index (χ3v) is 2.83. The summed E-state index contributed by atoms with van der Waals surface area (Å²) >= 11 is 0. The number of nitrogens with one attached hydrogen (secondary N) is 2. The van der Waals surface area contributed by atoms with E-state index in [2.05, 4.69) is 23.8 Å². The number of aliphatic hydroxyl groups excluding tert-OH is 1. The van der Waals surface area contributed by atoms with Crippen LogP contribution in [0.3, 0.4) is 0 Å². The summed E-state index contributed by atoms with van der Waals surface area (Å²) in [4.78, 5) is 23.6. The third kappa shape index (κ3) is 8.09. The van der Waals surface area contributed by atoms with Gasteiger partial charge in [0.05, 0.1) is 0 Å². The monoisotopic (exact) mass is 294 g/mol. The van der Waals surface area contributed by atoms with E-state index in [-0.39, 0.29) is 30.9 Å². The molecule has 0 aliphatic rings. The number of carbonyl (C=O) groups is 2. The number of carbonyl (C=O) groups excluding carboxylic acids is 2. The van der Waals surface area contributed by atoms with E-state index >= 15 is 0 Å². The van der Waals surface area contributed by atoms with Crippen molar-refractivity contribution in [2.45, 2.75) is 33.2 Å². The van der Waals surface area contributed by atoms with Gasteiger partial charge < -0.3 is 15.7 Å². The minimum atomic E-state index is -0.445. The number of hydrogen-bond acceptors (Lipinski definition) is 3. The third-order valence-electron chi connectivity index (χ3n) is 2.83. The van der Waals surface area contributed by atoms with E-state index in [0.29, 0.717) is 12.1 Å². The number of rotatable bonds is 9. The summed E-state index contributed by atoms with van der Waals surface area (Å²) in [5, 5.41) is 14.6. The molecule has 0 fully saturated rings. The van der Waals surface area contributed by atoms with Gasteiger partial charge in [-0.2, -0.15) is 0 Å². The highest BCUT2D eigenvalue weighted by molar-refractivity contribution is 5.96. The van der Waals surface area contributed by atoms with Crippen LogP contribution in [0.2, 0.25) is 0 Å². The highest BCUT2D eigenvalue weighted by atomic mass is 16.3. The van der Waals surface area contributed by atoms with Crippen molar-refractivity contribution >= 4 is 11.8 Å². The summed E-state index contributed by atoms with van der Waals surface area (Å²) in [6.07, 6.45) is 4.77. The molecular formula is C16H26N2O3. The van der Waals surface area contributed by atoms with Gasteiger partial charge in [-0.05, 0) is 12.3 Å². The molecule has 0 aromatic carbocycles. The smallest absolute Gasteiger partial charge is 0.251 e. The van der Waals surface area contributed by atoms with Crippen molar-refractivity contribution in [3.63, 3.8) is 0 Å². The van der Waals surface area contributed by atoms with Crippen molar-refractivity contribution < 1.29 is 14.7 Å². The lowest BCUT2D eigenvalue weighted by molar-refractivity contribution is -0.124. The van der Waals surface area contributed by atoms with Crippen molar-refractivity contribution in [2.75, 3.05) is 13.2 Å². The van der Waals surface area contributed by atoms with Crippen molar-refractivity contribution in [1.29, 1.82) is 0 Å². The predicted molar refractivity (Wildman–Crippen MR) is 84.6 cm³/mol. The largest absolute Gasteiger partial charge is 0.396 e. The quantitative estimate of drug-likeness (QED) is 0.443. The zero-order valence-corrected chi connectivity index (χ0v) is 13.1. The Balaban J connectivity index is 4.27. The van der Waals surface area contributed by atoms with Gasteiger partial charge >= 0.3 is 0 Å². The van der Waals surface area contributed by atoms with Crippen LogP contribution in [0.25, 0.3) is 0 Å². The lowest BCUT2D eigenvalue weighted by Gasteiger charge is -2.21. The van der Waals surface area contributed by atoms with Crippen LogP contribution in [0.15, 0.2) is 37.0 Å². The molecule has 0 aromatic rings. The Kier molecular flexibility index (Phi) is 8.31. The lowest BCUT2D eigenvalue weighted by Crippen LogP contribution is -2.43. The molecule has 1 atom stereocenters. The standard InChI is InChI=1S/C16H26N2O3/c1-6-8-13(7-2)15(21)18-12(3)10-17-14(20)9-16(4,5)11-19/h6-8,12,19H,1-2,9-11H2,3-5H3,(H,17,20)(H,18,21)/b13-8+/t12-/m0/s1. The fourth-order valence-corrected chi connectivity index (χ4v) is 1.54. The van der Waals surface area contributed by atoms with Crippen LogP contribution < -0.4 is 10.6 Å². The normalized spacial score (nSPS) is 13.2. The molecule has 0 aromatic heterocycles. The second-order valence-electron chi connectivity index (χ2n) is 5.74.